The van der Waals surface area contributed by atoms with Crippen molar-refractivity contribution in [3.63, 3.8) is 0 Å². The predicted octanol–water partition coefficient (Wildman–Crippen LogP) is 0.605. The SMILES string of the molecule is O=NN1NC(=O)CC1c1ccc(C2CC(=O)NN2N=O)cc1. The molecule has 0 saturated carbocycles. The van der Waals surface area contributed by atoms with Crippen LogP contribution in [0.15, 0.2) is 34.8 Å². The van der Waals surface area contributed by atoms with Gasteiger partial charge in [0, 0.05) is 0 Å². The lowest BCUT2D eigenvalue weighted by atomic mass is 9.99. The van der Waals surface area contributed by atoms with Gasteiger partial charge in [-0.1, -0.05) is 24.3 Å². The maximum Gasteiger partial charge on any atom is 0.242 e. The van der Waals surface area contributed by atoms with Crippen LogP contribution in [0, 0.1) is 9.81 Å². The van der Waals surface area contributed by atoms with Crippen LogP contribution in [0.3, 0.4) is 0 Å². The van der Waals surface area contributed by atoms with Gasteiger partial charge in [-0.05, 0) is 11.1 Å². The van der Waals surface area contributed by atoms with E-state index in [1.165, 1.54) is 0 Å². The molecule has 10 heteroatoms. The fourth-order valence-corrected chi connectivity index (χ4v) is 2.64. The van der Waals surface area contributed by atoms with Crippen molar-refractivity contribution in [1.29, 1.82) is 0 Å². The molecule has 0 aliphatic carbocycles. The first-order valence-electron chi connectivity index (χ1n) is 6.56. The Labute approximate surface area is 124 Å². The quantitative estimate of drug-likeness (QED) is 0.785. The van der Waals surface area contributed by atoms with Gasteiger partial charge in [-0.15, -0.1) is 9.81 Å². The second-order valence-corrected chi connectivity index (χ2v) is 5.03. The van der Waals surface area contributed by atoms with E-state index in [2.05, 4.69) is 21.4 Å². The van der Waals surface area contributed by atoms with Crippen LogP contribution >= 0.6 is 0 Å². The molecule has 0 spiro atoms. The minimum atomic E-state index is -0.470. The highest BCUT2D eigenvalue weighted by Crippen LogP contribution is 2.31. The molecular formula is C12H12N6O4. The Morgan fingerprint density at radius 1 is 0.818 bits per heavy atom. The van der Waals surface area contributed by atoms with Crippen LogP contribution in [-0.4, -0.2) is 22.1 Å². The lowest BCUT2D eigenvalue weighted by Crippen LogP contribution is -2.29. The molecule has 0 bridgehead atoms. The third-order valence-electron chi connectivity index (χ3n) is 3.71. The third kappa shape index (κ3) is 2.34. The number of nitrogens with zero attached hydrogens (tertiary/aromatic N) is 4. The molecule has 1 aromatic carbocycles. The van der Waals surface area contributed by atoms with Gasteiger partial charge in [0.15, 0.2) is 0 Å². The molecule has 114 valence electrons. The van der Waals surface area contributed by atoms with Gasteiger partial charge in [-0.2, -0.15) is 10.2 Å². The van der Waals surface area contributed by atoms with Crippen LogP contribution in [0.25, 0.3) is 0 Å². The Morgan fingerprint density at radius 3 is 1.50 bits per heavy atom. The zero-order chi connectivity index (χ0) is 15.7. The van der Waals surface area contributed by atoms with E-state index in [0.29, 0.717) is 0 Å². The molecule has 2 amide bonds. The Hall–Kier alpha value is -3.04. The maximum atomic E-state index is 11.3. The molecule has 2 heterocycles. The van der Waals surface area contributed by atoms with Crippen LogP contribution in [0.2, 0.25) is 0 Å². The van der Waals surface area contributed by atoms with Crippen molar-refractivity contribution in [2.24, 2.45) is 10.6 Å². The van der Waals surface area contributed by atoms with Crippen molar-refractivity contribution in [3.8, 4) is 0 Å². The number of nitroso groups, excluding NO2 is 2. The van der Waals surface area contributed by atoms with Gasteiger partial charge in [0.1, 0.15) is 12.1 Å². The van der Waals surface area contributed by atoms with E-state index in [4.69, 9.17) is 0 Å². The lowest BCUT2D eigenvalue weighted by molar-refractivity contribution is -0.121. The number of carbonyl (C=O) groups excluding carboxylic acids is 2. The minimum Gasteiger partial charge on any atom is -0.273 e. The summed E-state index contributed by atoms with van der Waals surface area (Å²) in [6.45, 7) is 0. The molecule has 0 radical (unpaired) electrons. The Balaban J connectivity index is 1.81. The topological polar surface area (TPSA) is 124 Å². The van der Waals surface area contributed by atoms with E-state index >= 15 is 0 Å². The Bertz CT molecular complexity index is 578. The highest BCUT2D eigenvalue weighted by atomic mass is 16.3. The highest BCUT2D eigenvalue weighted by molar-refractivity contribution is 5.79. The largest absolute Gasteiger partial charge is 0.273 e. The number of carbonyl (C=O) groups is 2. The summed E-state index contributed by atoms with van der Waals surface area (Å²) in [5.41, 5.74) is 6.13. The van der Waals surface area contributed by atoms with Crippen molar-refractivity contribution in [2.75, 3.05) is 0 Å². The fraction of sp³-hybridized carbons (Fsp3) is 0.333. The van der Waals surface area contributed by atoms with Crippen molar-refractivity contribution < 1.29 is 9.59 Å². The Morgan fingerprint density at radius 2 is 1.18 bits per heavy atom. The first-order valence-corrected chi connectivity index (χ1v) is 6.56. The molecule has 2 unspecified atom stereocenters. The van der Waals surface area contributed by atoms with E-state index < -0.39 is 12.1 Å². The second kappa shape index (κ2) is 5.39. The molecule has 1 aromatic rings. The van der Waals surface area contributed by atoms with Crippen LogP contribution in [-0.2, 0) is 9.59 Å². The molecular weight excluding hydrogens is 292 g/mol. The van der Waals surface area contributed by atoms with E-state index in [1.807, 2.05) is 0 Å². The lowest BCUT2D eigenvalue weighted by Gasteiger charge is -2.19. The van der Waals surface area contributed by atoms with Gasteiger partial charge in [-0.25, -0.2) is 10.9 Å². The molecule has 22 heavy (non-hydrogen) atoms. The average Bonchev–Trinajstić information content (AvgIpc) is 3.09. The van der Waals surface area contributed by atoms with Crippen molar-refractivity contribution >= 4 is 11.8 Å². The maximum absolute atomic E-state index is 11.3. The second-order valence-electron chi connectivity index (χ2n) is 5.03. The molecule has 10 nitrogen and oxygen atoms in total. The molecule has 2 atom stereocenters. The molecule has 0 aromatic heterocycles. The average molecular weight is 304 g/mol. The van der Waals surface area contributed by atoms with Crippen LogP contribution < -0.4 is 10.9 Å². The molecule has 2 aliphatic heterocycles. The monoisotopic (exact) mass is 304 g/mol. The number of hydrogen-bond acceptors (Lipinski definition) is 6. The smallest absolute Gasteiger partial charge is 0.242 e. The number of hydrogen-bond donors (Lipinski definition) is 2. The summed E-state index contributed by atoms with van der Waals surface area (Å²) in [4.78, 5) is 44.1. The summed E-state index contributed by atoms with van der Waals surface area (Å²) in [6, 6.07) is 5.97. The molecule has 2 saturated heterocycles. The zero-order valence-electron chi connectivity index (χ0n) is 11.3. The summed E-state index contributed by atoms with van der Waals surface area (Å²) in [7, 11) is 0. The first-order chi connectivity index (χ1) is 10.6. The summed E-state index contributed by atoms with van der Waals surface area (Å²) >= 11 is 0. The highest BCUT2D eigenvalue weighted by Gasteiger charge is 2.34. The number of amides is 2. The van der Waals surface area contributed by atoms with E-state index in [0.717, 1.165) is 21.4 Å². The van der Waals surface area contributed by atoms with E-state index in [-0.39, 0.29) is 24.7 Å². The molecule has 2 N–H and O–H groups in total. The standard InChI is InChI=1S/C12H12N6O4/c19-11-5-9(17(13-11)15-21)7-1-2-8(4-3-7)10-6-12(20)14-18(10)16-22/h1-4,9-10H,5-6H2,(H,13,19)(H,14,20). The normalized spacial score (nSPS) is 24.2. The first kappa shape index (κ1) is 13.9. The van der Waals surface area contributed by atoms with Crippen molar-refractivity contribution in [1.82, 2.24) is 21.1 Å². The van der Waals surface area contributed by atoms with E-state index in [1.54, 1.807) is 24.3 Å². The van der Waals surface area contributed by atoms with Crippen LogP contribution in [0.5, 0.6) is 0 Å². The van der Waals surface area contributed by atoms with Crippen LogP contribution in [0.1, 0.15) is 36.1 Å². The fourth-order valence-electron chi connectivity index (χ4n) is 2.64. The molecule has 2 fully saturated rings. The van der Waals surface area contributed by atoms with Gasteiger partial charge in [0.05, 0.1) is 23.4 Å². The molecule has 2 aliphatic rings. The van der Waals surface area contributed by atoms with Crippen LogP contribution in [0.4, 0.5) is 0 Å². The Kier molecular flexibility index (Phi) is 3.41. The number of benzene rings is 1. The summed E-state index contributed by atoms with van der Waals surface area (Å²) in [5, 5.41) is 7.47. The number of rotatable bonds is 4. The number of hydrazine groups is 2. The molecule has 3 rings (SSSR count). The van der Waals surface area contributed by atoms with Gasteiger partial charge >= 0.3 is 0 Å². The summed E-state index contributed by atoms with van der Waals surface area (Å²) in [6.07, 6.45) is 0.271. The van der Waals surface area contributed by atoms with E-state index in [9.17, 15) is 19.4 Å². The van der Waals surface area contributed by atoms with Gasteiger partial charge in [0.25, 0.3) is 0 Å². The third-order valence-corrected chi connectivity index (χ3v) is 3.71. The summed E-state index contributed by atoms with van der Waals surface area (Å²) in [5.74, 6) is -0.564. The zero-order valence-corrected chi connectivity index (χ0v) is 11.3. The summed E-state index contributed by atoms with van der Waals surface area (Å²) < 4.78 is 0. The van der Waals surface area contributed by atoms with Gasteiger partial charge in [0.2, 0.25) is 11.8 Å². The predicted molar refractivity (Wildman–Crippen MR) is 72.7 cm³/mol. The van der Waals surface area contributed by atoms with Gasteiger partial charge in [-0.3, -0.25) is 9.59 Å². The number of nitrogens with one attached hydrogen (secondary N) is 2. The minimum absolute atomic E-state index is 0.135. The van der Waals surface area contributed by atoms with Gasteiger partial charge < -0.3 is 0 Å². The van der Waals surface area contributed by atoms with Crippen molar-refractivity contribution in [2.45, 2.75) is 24.9 Å². The van der Waals surface area contributed by atoms with Crippen molar-refractivity contribution in [3.05, 3.63) is 45.2 Å².